The number of methoxy groups -OCH3 is 1. The van der Waals surface area contributed by atoms with Gasteiger partial charge in [0.1, 0.15) is 18.4 Å². The van der Waals surface area contributed by atoms with Crippen molar-refractivity contribution < 1.29 is 23.9 Å². The van der Waals surface area contributed by atoms with Crippen LogP contribution in [0.5, 0.6) is 0 Å². The number of nitrogens with one attached hydrogen (secondary N) is 1. The fourth-order valence-corrected chi connectivity index (χ4v) is 2.65. The van der Waals surface area contributed by atoms with Gasteiger partial charge in [-0.15, -0.1) is 0 Å². The van der Waals surface area contributed by atoms with Crippen LogP contribution in [0.2, 0.25) is 0 Å². The lowest BCUT2D eigenvalue weighted by Crippen LogP contribution is -2.42. The fraction of sp³-hybridized carbons (Fsp3) is 0.812. The van der Waals surface area contributed by atoms with Crippen LogP contribution < -0.4 is 5.32 Å². The minimum atomic E-state index is -0.662. The normalized spacial score (nSPS) is 16.0. The Labute approximate surface area is 131 Å². The van der Waals surface area contributed by atoms with E-state index in [9.17, 15) is 14.4 Å². The second-order valence-electron chi connectivity index (χ2n) is 5.69. The van der Waals surface area contributed by atoms with E-state index in [1.807, 2.05) is 0 Å². The molecule has 1 amide bonds. The maximum Gasteiger partial charge on any atom is 0.408 e. The van der Waals surface area contributed by atoms with E-state index in [1.54, 1.807) is 0 Å². The number of amides is 1. The molecule has 0 aromatic rings. The zero-order chi connectivity index (χ0) is 16.2. The first-order valence-electron chi connectivity index (χ1n) is 8.16. The van der Waals surface area contributed by atoms with Crippen LogP contribution in [-0.4, -0.2) is 37.6 Å². The average Bonchev–Trinajstić information content (AvgIpc) is 3.01. The Bertz CT molecular complexity index is 352. The first-order valence-corrected chi connectivity index (χ1v) is 8.16. The fourth-order valence-electron chi connectivity index (χ4n) is 2.65. The second-order valence-corrected chi connectivity index (χ2v) is 5.69. The van der Waals surface area contributed by atoms with Gasteiger partial charge in [-0.25, -0.2) is 9.59 Å². The summed E-state index contributed by atoms with van der Waals surface area (Å²) in [4.78, 5) is 33.8. The Balaban J connectivity index is 2.28. The third-order valence-electron chi connectivity index (χ3n) is 3.92. The zero-order valence-electron chi connectivity index (χ0n) is 13.3. The van der Waals surface area contributed by atoms with Crippen molar-refractivity contribution in [3.63, 3.8) is 0 Å². The Hall–Kier alpha value is -1.59. The first-order chi connectivity index (χ1) is 10.7. The monoisotopic (exact) mass is 313 g/mol. The quantitative estimate of drug-likeness (QED) is 0.381. The molecule has 1 aliphatic carbocycles. The van der Waals surface area contributed by atoms with Gasteiger partial charge in [-0.1, -0.05) is 19.3 Å². The summed E-state index contributed by atoms with van der Waals surface area (Å²) < 4.78 is 10.0. The Morgan fingerprint density at radius 3 is 2.50 bits per heavy atom. The number of rotatable bonds is 10. The van der Waals surface area contributed by atoms with Crippen LogP contribution in [0.25, 0.3) is 0 Å². The molecule has 6 nitrogen and oxygen atoms in total. The molecule has 126 valence electrons. The summed E-state index contributed by atoms with van der Waals surface area (Å²) in [6, 6.07) is -0.662. The maximum atomic E-state index is 11.8. The molecular formula is C16H27NO5. The Kier molecular flexibility index (Phi) is 9.26. The molecule has 0 heterocycles. The average molecular weight is 313 g/mol. The molecule has 1 fully saturated rings. The highest BCUT2D eigenvalue weighted by molar-refractivity contribution is 5.81. The van der Waals surface area contributed by atoms with E-state index in [0.717, 1.165) is 57.7 Å². The second kappa shape index (κ2) is 11.0. The molecule has 0 spiro atoms. The molecule has 1 unspecified atom stereocenters. The summed E-state index contributed by atoms with van der Waals surface area (Å²) >= 11 is 0. The highest BCUT2D eigenvalue weighted by atomic mass is 16.6. The summed E-state index contributed by atoms with van der Waals surface area (Å²) in [5, 5.41) is 2.60. The topological polar surface area (TPSA) is 81.7 Å². The molecule has 1 rings (SSSR count). The summed E-state index contributed by atoms with van der Waals surface area (Å²) in [6.45, 7) is 0. The van der Waals surface area contributed by atoms with Crippen molar-refractivity contribution in [1.29, 1.82) is 0 Å². The van der Waals surface area contributed by atoms with Crippen LogP contribution in [0.3, 0.4) is 0 Å². The number of hydrogen-bond acceptors (Lipinski definition) is 5. The number of esters is 1. The Morgan fingerprint density at radius 2 is 1.86 bits per heavy atom. The molecule has 0 aromatic heterocycles. The largest absolute Gasteiger partial charge is 0.467 e. The van der Waals surface area contributed by atoms with Crippen LogP contribution in [0, 0.1) is 0 Å². The van der Waals surface area contributed by atoms with Gasteiger partial charge >= 0.3 is 12.1 Å². The molecule has 1 saturated carbocycles. The summed E-state index contributed by atoms with van der Waals surface area (Å²) in [6.07, 6.45) is 8.92. The van der Waals surface area contributed by atoms with Crippen molar-refractivity contribution in [1.82, 2.24) is 5.32 Å². The van der Waals surface area contributed by atoms with Crippen LogP contribution in [-0.2, 0) is 19.1 Å². The minimum Gasteiger partial charge on any atom is -0.467 e. The Morgan fingerprint density at radius 1 is 1.18 bits per heavy atom. The molecular weight excluding hydrogens is 286 g/mol. The number of hydrogen-bond donors (Lipinski definition) is 1. The lowest BCUT2D eigenvalue weighted by molar-refractivity contribution is -0.143. The third kappa shape index (κ3) is 7.43. The van der Waals surface area contributed by atoms with Crippen molar-refractivity contribution >= 4 is 18.3 Å². The zero-order valence-corrected chi connectivity index (χ0v) is 13.3. The molecule has 0 saturated heterocycles. The molecule has 0 radical (unpaired) electrons. The highest BCUT2D eigenvalue weighted by Crippen LogP contribution is 2.21. The van der Waals surface area contributed by atoms with Gasteiger partial charge in [-0.05, 0) is 38.5 Å². The van der Waals surface area contributed by atoms with Gasteiger partial charge in [0.25, 0.3) is 0 Å². The van der Waals surface area contributed by atoms with Crippen LogP contribution in [0.4, 0.5) is 4.79 Å². The summed E-state index contributed by atoms with van der Waals surface area (Å²) in [5.74, 6) is -0.448. The predicted molar refractivity (Wildman–Crippen MR) is 81.4 cm³/mol. The van der Waals surface area contributed by atoms with Crippen LogP contribution >= 0.6 is 0 Å². The predicted octanol–water partition coefficient (Wildman–Crippen LogP) is 2.74. The van der Waals surface area contributed by atoms with Crippen molar-refractivity contribution in [3.05, 3.63) is 0 Å². The smallest absolute Gasteiger partial charge is 0.408 e. The SMILES string of the molecule is COC(=O)C(CCCCCCC=O)NC(=O)OC1CCCC1. The van der Waals surface area contributed by atoms with Crippen molar-refractivity contribution in [2.75, 3.05) is 7.11 Å². The van der Waals surface area contributed by atoms with Gasteiger partial charge in [0, 0.05) is 6.42 Å². The van der Waals surface area contributed by atoms with Crippen molar-refractivity contribution in [3.8, 4) is 0 Å². The van der Waals surface area contributed by atoms with Gasteiger partial charge in [-0.2, -0.15) is 0 Å². The molecule has 1 atom stereocenters. The molecule has 6 heteroatoms. The van der Waals surface area contributed by atoms with Crippen molar-refractivity contribution in [2.24, 2.45) is 0 Å². The van der Waals surface area contributed by atoms with Crippen molar-refractivity contribution in [2.45, 2.75) is 76.4 Å². The first kappa shape index (κ1) is 18.5. The van der Waals surface area contributed by atoms with E-state index >= 15 is 0 Å². The van der Waals surface area contributed by atoms with Gasteiger partial charge < -0.3 is 19.6 Å². The van der Waals surface area contributed by atoms with Gasteiger partial charge in [0.05, 0.1) is 7.11 Å². The van der Waals surface area contributed by atoms with Gasteiger partial charge in [0.15, 0.2) is 0 Å². The number of carbonyl (C=O) groups excluding carboxylic acids is 3. The molecule has 1 N–H and O–H groups in total. The lowest BCUT2D eigenvalue weighted by atomic mass is 10.1. The van der Waals surface area contributed by atoms with E-state index in [0.29, 0.717) is 12.8 Å². The summed E-state index contributed by atoms with van der Waals surface area (Å²) in [5.41, 5.74) is 0. The lowest BCUT2D eigenvalue weighted by Gasteiger charge is -2.18. The number of carbonyl (C=O) groups is 3. The molecule has 22 heavy (non-hydrogen) atoms. The third-order valence-corrected chi connectivity index (χ3v) is 3.92. The van der Waals surface area contributed by atoms with E-state index in [-0.39, 0.29) is 6.10 Å². The number of unbranched alkanes of at least 4 members (excludes halogenated alkanes) is 4. The maximum absolute atomic E-state index is 11.8. The van der Waals surface area contributed by atoms with Gasteiger partial charge in [-0.3, -0.25) is 0 Å². The van der Waals surface area contributed by atoms with Crippen LogP contribution in [0.15, 0.2) is 0 Å². The molecule has 0 aliphatic heterocycles. The standard InChI is InChI=1S/C16H27NO5/c1-21-15(19)14(11-5-3-2-4-8-12-18)17-16(20)22-13-9-6-7-10-13/h12-14H,2-11H2,1H3,(H,17,20). The number of aldehydes is 1. The van der Waals surface area contributed by atoms with E-state index in [4.69, 9.17) is 9.47 Å². The molecule has 1 aliphatic rings. The molecule has 0 aromatic carbocycles. The summed E-state index contributed by atoms with van der Waals surface area (Å²) in [7, 11) is 1.31. The minimum absolute atomic E-state index is 0.0263. The van der Waals surface area contributed by atoms with E-state index in [2.05, 4.69) is 5.32 Å². The van der Waals surface area contributed by atoms with E-state index in [1.165, 1.54) is 7.11 Å². The number of ether oxygens (including phenoxy) is 2. The highest BCUT2D eigenvalue weighted by Gasteiger charge is 2.24. The van der Waals surface area contributed by atoms with Crippen LogP contribution in [0.1, 0.15) is 64.2 Å². The van der Waals surface area contributed by atoms with E-state index < -0.39 is 18.1 Å². The van der Waals surface area contributed by atoms with Gasteiger partial charge in [0.2, 0.25) is 0 Å². The number of alkyl carbamates (subject to hydrolysis) is 1. The molecule has 0 bridgehead atoms.